The molecule has 0 saturated carbocycles. The number of unbranched alkanes of at least 4 members (excludes halogenated alkanes) is 6. The van der Waals surface area contributed by atoms with Gasteiger partial charge in [0.1, 0.15) is 0 Å². The van der Waals surface area contributed by atoms with Crippen molar-refractivity contribution in [2.24, 2.45) is 0 Å². The van der Waals surface area contributed by atoms with Crippen molar-refractivity contribution in [3.05, 3.63) is 36.7 Å². The number of hydrogen-bond donors (Lipinski definition) is 0. The first-order chi connectivity index (χ1) is 12.5. The predicted octanol–water partition coefficient (Wildman–Crippen LogP) is 5.80. The number of nitrogens with zero attached hydrogens (tertiary/aromatic N) is 3. The van der Waals surface area contributed by atoms with Crippen molar-refractivity contribution in [2.75, 3.05) is 27.7 Å². The highest BCUT2D eigenvalue weighted by Gasteiger charge is 2.09. The van der Waals surface area contributed by atoms with E-state index in [9.17, 15) is 0 Å². The first kappa shape index (κ1) is 20.8. The van der Waals surface area contributed by atoms with E-state index in [1.807, 2.05) is 0 Å². The number of hydrogen-bond acceptors (Lipinski definition) is 0. The topological polar surface area (TPSA) is 9.86 Å². The molecular weight excluding hydrogens is 318 g/mol. The van der Waals surface area contributed by atoms with Gasteiger partial charge in [0.2, 0.25) is 0 Å². The van der Waals surface area contributed by atoms with E-state index in [1.54, 1.807) is 0 Å². The maximum absolute atomic E-state index is 2.44. The predicted molar refractivity (Wildman–Crippen MR) is 113 cm³/mol. The first-order valence-corrected chi connectivity index (χ1v) is 10.6. The molecule has 146 valence electrons. The van der Waals surface area contributed by atoms with E-state index < -0.39 is 0 Å². The average molecular weight is 359 g/mol. The van der Waals surface area contributed by atoms with Crippen LogP contribution in [-0.2, 0) is 13.1 Å². The Morgan fingerprint density at radius 3 is 1.69 bits per heavy atom. The molecule has 0 amide bonds. The fraction of sp³-hybridized carbons (Fsp3) is 0.652. The Labute approximate surface area is 161 Å². The van der Waals surface area contributed by atoms with E-state index in [1.165, 1.54) is 69.3 Å². The van der Waals surface area contributed by atoms with Gasteiger partial charge in [-0.1, -0.05) is 32.6 Å². The Bertz CT molecular complexity index is 615. The molecule has 0 unspecified atom stereocenters. The molecule has 0 fully saturated rings. The monoisotopic (exact) mass is 358 g/mol. The van der Waals surface area contributed by atoms with Crippen LogP contribution in [0.1, 0.15) is 58.3 Å². The Morgan fingerprint density at radius 1 is 0.692 bits per heavy atom. The highest BCUT2D eigenvalue weighted by Crippen LogP contribution is 2.22. The number of rotatable bonds is 13. The van der Waals surface area contributed by atoms with E-state index >= 15 is 0 Å². The summed E-state index contributed by atoms with van der Waals surface area (Å²) in [5, 5.41) is 0. The van der Waals surface area contributed by atoms with E-state index in [0.29, 0.717) is 0 Å². The average Bonchev–Trinajstić information content (AvgIpc) is 3.22. The fourth-order valence-corrected chi connectivity index (χ4v) is 3.61. The molecule has 0 atom stereocenters. The van der Waals surface area contributed by atoms with Crippen molar-refractivity contribution in [1.82, 2.24) is 9.13 Å². The summed E-state index contributed by atoms with van der Waals surface area (Å²) in [7, 11) is 6.84. The third-order valence-electron chi connectivity index (χ3n) is 5.15. The van der Waals surface area contributed by atoms with Gasteiger partial charge in [-0.25, -0.2) is 0 Å². The van der Waals surface area contributed by atoms with Crippen LogP contribution in [0.3, 0.4) is 0 Å². The zero-order valence-electron chi connectivity index (χ0n) is 17.6. The van der Waals surface area contributed by atoms with Crippen molar-refractivity contribution in [2.45, 2.75) is 71.4 Å². The van der Waals surface area contributed by atoms with Crippen LogP contribution in [0.4, 0.5) is 0 Å². The van der Waals surface area contributed by atoms with Crippen LogP contribution in [-0.4, -0.2) is 41.3 Å². The van der Waals surface area contributed by atoms with Gasteiger partial charge in [-0.15, -0.1) is 0 Å². The highest BCUT2D eigenvalue weighted by atomic mass is 15.3. The molecule has 0 aliphatic carbocycles. The Hall–Kier alpha value is -1.48. The zero-order valence-corrected chi connectivity index (χ0v) is 17.6. The molecule has 2 heterocycles. The lowest BCUT2D eigenvalue weighted by atomic mass is 10.2. The maximum Gasteiger partial charge on any atom is 0.0780 e. The largest absolute Gasteiger partial charge is 0.346 e. The summed E-state index contributed by atoms with van der Waals surface area (Å²) in [6, 6.07) is 8.93. The van der Waals surface area contributed by atoms with E-state index in [4.69, 9.17) is 0 Å². The van der Waals surface area contributed by atoms with Gasteiger partial charge in [0.25, 0.3) is 0 Å². The minimum Gasteiger partial charge on any atom is -0.346 e. The molecule has 2 aromatic heterocycles. The summed E-state index contributed by atoms with van der Waals surface area (Å²) >= 11 is 0. The normalized spacial score (nSPS) is 12.0. The number of quaternary nitrogens is 1. The summed E-state index contributed by atoms with van der Waals surface area (Å²) in [6.07, 6.45) is 15.0. The molecule has 0 saturated heterocycles. The van der Waals surface area contributed by atoms with Crippen LogP contribution in [0.25, 0.3) is 11.4 Å². The minimum absolute atomic E-state index is 1.08. The van der Waals surface area contributed by atoms with Gasteiger partial charge >= 0.3 is 0 Å². The lowest BCUT2D eigenvalue weighted by Gasteiger charge is -2.23. The molecule has 0 radical (unpaired) electrons. The van der Waals surface area contributed by atoms with Gasteiger partial charge in [-0.2, -0.15) is 0 Å². The molecule has 0 N–H and O–H groups in total. The quantitative estimate of drug-likeness (QED) is 0.316. The standard InChI is InChI=1S/C23H40N3/c1-5-6-7-10-17-24-19-13-15-22(24)23-16-14-20-25(23)18-11-8-9-12-21-26(2,3)4/h13-16,19-20H,5-12,17-18,21H2,1-4H3/q+1. The zero-order chi connectivity index (χ0) is 18.8. The van der Waals surface area contributed by atoms with Gasteiger partial charge < -0.3 is 13.6 Å². The molecule has 26 heavy (non-hydrogen) atoms. The second-order valence-corrected chi connectivity index (χ2v) is 8.66. The van der Waals surface area contributed by atoms with E-state index in [2.05, 4.69) is 73.9 Å². The summed E-state index contributed by atoms with van der Waals surface area (Å²) in [5.41, 5.74) is 2.74. The van der Waals surface area contributed by atoms with E-state index in [-0.39, 0.29) is 0 Å². The molecule has 0 spiro atoms. The molecule has 0 bridgehead atoms. The minimum atomic E-state index is 1.08. The second-order valence-electron chi connectivity index (χ2n) is 8.66. The van der Waals surface area contributed by atoms with Crippen molar-refractivity contribution in [3.8, 4) is 11.4 Å². The molecule has 2 aromatic rings. The van der Waals surface area contributed by atoms with Crippen LogP contribution in [0.2, 0.25) is 0 Å². The molecular formula is C23H40N3+. The SMILES string of the molecule is CCCCCCn1cccc1-c1cccn1CCCCCC[N+](C)(C)C. The Kier molecular flexibility index (Phi) is 8.50. The molecule has 3 nitrogen and oxygen atoms in total. The summed E-state index contributed by atoms with van der Waals surface area (Å²) in [4.78, 5) is 0. The summed E-state index contributed by atoms with van der Waals surface area (Å²) in [5.74, 6) is 0. The lowest BCUT2D eigenvalue weighted by molar-refractivity contribution is -0.870. The van der Waals surface area contributed by atoms with Gasteiger partial charge in [0.15, 0.2) is 0 Å². The van der Waals surface area contributed by atoms with Crippen LogP contribution in [0, 0.1) is 0 Å². The van der Waals surface area contributed by atoms with Gasteiger partial charge in [-0.05, 0) is 49.9 Å². The highest BCUT2D eigenvalue weighted by molar-refractivity contribution is 5.56. The van der Waals surface area contributed by atoms with Crippen LogP contribution < -0.4 is 0 Å². The summed E-state index contributed by atoms with van der Waals surface area (Å²) in [6.45, 7) is 5.82. The fourth-order valence-electron chi connectivity index (χ4n) is 3.61. The van der Waals surface area contributed by atoms with E-state index in [0.717, 1.165) is 17.6 Å². The first-order valence-electron chi connectivity index (χ1n) is 10.6. The van der Waals surface area contributed by atoms with Gasteiger partial charge in [0, 0.05) is 25.5 Å². The Morgan fingerprint density at radius 2 is 1.19 bits per heavy atom. The summed E-state index contributed by atoms with van der Waals surface area (Å²) < 4.78 is 5.96. The van der Waals surface area contributed by atoms with Crippen LogP contribution in [0.15, 0.2) is 36.7 Å². The number of aryl methyl sites for hydroxylation is 2. The third-order valence-corrected chi connectivity index (χ3v) is 5.15. The maximum atomic E-state index is 2.44. The molecule has 0 aliphatic rings. The van der Waals surface area contributed by atoms with Crippen LogP contribution in [0.5, 0.6) is 0 Å². The van der Waals surface area contributed by atoms with Crippen molar-refractivity contribution < 1.29 is 4.48 Å². The number of aromatic nitrogens is 2. The third kappa shape index (κ3) is 7.03. The van der Waals surface area contributed by atoms with Gasteiger partial charge in [-0.3, -0.25) is 0 Å². The smallest absolute Gasteiger partial charge is 0.0780 e. The molecule has 0 aromatic carbocycles. The molecule has 3 heteroatoms. The van der Waals surface area contributed by atoms with Crippen molar-refractivity contribution in [1.29, 1.82) is 0 Å². The van der Waals surface area contributed by atoms with Crippen LogP contribution >= 0.6 is 0 Å². The Balaban J connectivity index is 1.82. The lowest BCUT2D eigenvalue weighted by Crippen LogP contribution is -2.35. The van der Waals surface area contributed by atoms with Gasteiger partial charge in [0.05, 0.1) is 39.1 Å². The second kappa shape index (κ2) is 10.6. The molecule has 0 aliphatic heterocycles. The van der Waals surface area contributed by atoms with Crippen molar-refractivity contribution >= 4 is 0 Å². The molecule has 2 rings (SSSR count). The van der Waals surface area contributed by atoms with Crippen molar-refractivity contribution in [3.63, 3.8) is 0 Å².